The first kappa shape index (κ1) is 26.5. The van der Waals surface area contributed by atoms with Gasteiger partial charge in [0, 0.05) is 18.0 Å². The maximum atomic E-state index is 13.5. The van der Waals surface area contributed by atoms with Gasteiger partial charge in [0.25, 0.3) is 5.78 Å². The molecule has 40 heavy (non-hydrogen) atoms. The summed E-state index contributed by atoms with van der Waals surface area (Å²) in [7, 11) is 0. The number of ether oxygens (including phenoxy) is 2. The van der Waals surface area contributed by atoms with Crippen LogP contribution in [0.25, 0.3) is 5.76 Å². The molecule has 1 amide bonds. The van der Waals surface area contributed by atoms with E-state index in [9.17, 15) is 19.5 Å². The molecule has 1 fully saturated rings. The maximum Gasteiger partial charge on any atom is 0.350 e. The highest BCUT2D eigenvalue weighted by Crippen LogP contribution is 2.44. The fourth-order valence-electron chi connectivity index (χ4n) is 4.26. The van der Waals surface area contributed by atoms with Crippen LogP contribution in [0.2, 0.25) is 0 Å². The number of hydrogen-bond acceptors (Lipinski definition) is 9. The van der Waals surface area contributed by atoms with Gasteiger partial charge in [-0.2, -0.15) is 0 Å². The van der Waals surface area contributed by atoms with Crippen molar-refractivity contribution in [2.75, 3.05) is 11.5 Å². The van der Waals surface area contributed by atoms with Crippen LogP contribution in [0.4, 0.5) is 5.13 Å². The second-order valence-corrected chi connectivity index (χ2v) is 9.67. The van der Waals surface area contributed by atoms with Crippen molar-refractivity contribution in [1.29, 1.82) is 0 Å². The number of hydrogen-bond donors (Lipinski definition) is 1. The highest BCUT2D eigenvalue weighted by atomic mass is 32.1. The lowest BCUT2D eigenvalue weighted by molar-refractivity contribution is -0.132. The largest absolute Gasteiger partial charge is 0.507 e. The average molecular weight is 554 g/mol. The van der Waals surface area contributed by atoms with E-state index in [0.29, 0.717) is 28.3 Å². The Balaban J connectivity index is 1.64. The standard InChI is InChI=1S/C30H23N3O6S/c1-3-16-38-29(37)27-18(2)32-30(40-27)33-24(20-8-7-11-22(17-20)39-21-9-5-4-6-10-21)23(26(35)28(33)36)25(34)19-12-14-31-15-13-19/h3-15,17,24,34H,1,16H2,2H3. The van der Waals surface area contributed by atoms with Crippen LogP contribution in [0.5, 0.6) is 11.5 Å². The van der Waals surface area contributed by atoms with E-state index < -0.39 is 23.7 Å². The maximum absolute atomic E-state index is 13.5. The predicted molar refractivity (Wildman–Crippen MR) is 149 cm³/mol. The summed E-state index contributed by atoms with van der Waals surface area (Å²) in [6.45, 7) is 5.16. The van der Waals surface area contributed by atoms with Crippen LogP contribution in [-0.2, 0) is 14.3 Å². The zero-order valence-corrected chi connectivity index (χ0v) is 22.1. The third-order valence-electron chi connectivity index (χ3n) is 6.06. The molecule has 1 N–H and O–H groups in total. The van der Waals surface area contributed by atoms with E-state index in [-0.39, 0.29) is 27.9 Å². The first-order valence-corrected chi connectivity index (χ1v) is 13.0. The Labute approximate surface area is 233 Å². The lowest BCUT2D eigenvalue weighted by atomic mass is 9.95. The van der Waals surface area contributed by atoms with Gasteiger partial charge in [-0.25, -0.2) is 9.78 Å². The van der Waals surface area contributed by atoms with Crippen molar-refractivity contribution in [3.05, 3.63) is 119 Å². The second kappa shape index (κ2) is 11.3. The first-order valence-electron chi connectivity index (χ1n) is 12.2. The van der Waals surface area contributed by atoms with Crippen LogP contribution < -0.4 is 9.64 Å². The van der Waals surface area contributed by atoms with Crippen molar-refractivity contribution in [2.45, 2.75) is 13.0 Å². The summed E-state index contributed by atoms with van der Waals surface area (Å²) in [4.78, 5) is 49.3. The molecular weight excluding hydrogens is 530 g/mol. The normalized spacial score (nSPS) is 16.1. The number of Topliss-reactive ketones (excluding diaryl/α,β-unsaturated/α-hetero) is 1. The second-order valence-electron chi connectivity index (χ2n) is 8.69. The summed E-state index contributed by atoms with van der Waals surface area (Å²) in [6, 6.07) is 18.0. The van der Waals surface area contributed by atoms with Gasteiger partial charge in [-0.15, -0.1) is 0 Å². The summed E-state index contributed by atoms with van der Waals surface area (Å²) >= 11 is 0.923. The number of aliphatic hydroxyl groups is 1. The topological polar surface area (TPSA) is 119 Å². The van der Waals surface area contributed by atoms with E-state index in [1.54, 1.807) is 43.3 Å². The number of anilines is 1. The molecule has 2 aromatic carbocycles. The highest BCUT2D eigenvalue weighted by Gasteiger charge is 2.48. The fraction of sp³-hybridized carbons (Fsp3) is 0.100. The van der Waals surface area contributed by atoms with Crippen LogP contribution in [0, 0.1) is 6.92 Å². The molecule has 3 heterocycles. The Morgan fingerprint density at radius 3 is 2.52 bits per heavy atom. The lowest BCUT2D eigenvalue weighted by Crippen LogP contribution is -2.29. The van der Waals surface area contributed by atoms with Gasteiger partial charge in [-0.05, 0) is 48.9 Å². The van der Waals surface area contributed by atoms with Crippen LogP contribution >= 0.6 is 11.3 Å². The fourth-order valence-corrected chi connectivity index (χ4v) is 5.25. The Kier molecular flexibility index (Phi) is 7.52. The van der Waals surface area contributed by atoms with Gasteiger partial charge in [0.15, 0.2) is 5.13 Å². The summed E-state index contributed by atoms with van der Waals surface area (Å²) < 4.78 is 11.1. The SMILES string of the molecule is C=CCOC(=O)c1sc(N2C(=O)C(=O)C(=C(O)c3ccncc3)C2c2cccc(Oc3ccccc3)c2)nc1C. The minimum Gasteiger partial charge on any atom is -0.507 e. The molecule has 0 radical (unpaired) electrons. The molecular formula is C30H23N3O6S. The number of ketones is 1. The number of esters is 1. The molecule has 1 unspecified atom stereocenters. The summed E-state index contributed by atoms with van der Waals surface area (Å²) in [6.07, 6.45) is 4.39. The van der Waals surface area contributed by atoms with E-state index in [2.05, 4.69) is 16.5 Å². The number of aryl methyl sites for hydroxylation is 1. The number of pyridine rings is 1. The molecule has 0 aliphatic carbocycles. The number of rotatable bonds is 8. The van der Waals surface area contributed by atoms with Gasteiger partial charge in [0.2, 0.25) is 0 Å². The minimum absolute atomic E-state index is 0.0101. The van der Waals surface area contributed by atoms with Gasteiger partial charge >= 0.3 is 11.9 Å². The van der Waals surface area contributed by atoms with Crippen molar-refractivity contribution in [3.8, 4) is 11.5 Å². The monoisotopic (exact) mass is 553 g/mol. The number of para-hydroxylation sites is 1. The van der Waals surface area contributed by atoms with Crippen LogP contribution in [0.15, 0.2) is 97.4 Å². The number of aliphatic hydroxyl groups excluding tert-OH is 1. The Morgan fingerprint density at radius 2 is 1.80 bits per heavy atom. The molecule has 4 aromatic rings. The molecule has 0 bridgehead atoms. The zero-order valence-electron chi connectivity index (χ0n) is 21.3. The zero-order chi connectivity index (χ0) is 28.2. The molecule has 0 spiro atoms. The summed E-state index contributed by atoms with van der Waals surface area (Å²) in [5, 5.41) is 11.4. The molecule has 5 rings (SSSR count). The van der Waals surface area contributed by atoms with E-state index in [1.807, 2.05) is 18.2 Å². The molecule has 10 heteroatoms. The number of benzene rings is 2. The summed E-state index contributed by atoms with van der Waals surface area (Å²) in [5.74, 6) is -1.70. The van der Waals surface area contributed by atoms with E-state index in [0.717, 1.165) is 11.3 Å². The third kappa shape index (κ3) is 5.12. The van der Waals surface area contributed by atoms with Crippen LogP contribution in [0.1, 0.15) is 32.5 Å². The first-order chi connectivity index (χ1) is 19.4. The molecule has 200 valence electrons. The number of aromatic nitrogens is 2. The number of thiazole rings is 1. The highest BCUT2D eigenvalue weighted by molar-refractivity contribution is 7.17. The smallest absolute Gasteiger partial charge is 0.350 e. The molecule has 1 aliphatic heterocycles. The van der Waals surface area contributed by atoms with Gasteiger partial charge in [-0.3, -0.25) is 19.5 Å². The van der Waals surface area contributed by atoms with E-state index >= 15 is 0 Å². The molecule has 9 nitrogen and oxygen atoms in total. The Morgan fingerprint density at radius 1 is 1.07 bits per heavy atom. The minimum atomic E-state index is -1.06. The van der Waals surface area contributed by atoms with Crippen molar-refractivity contribution in [3.63, 3.8) is 0 Å². The number of amides is 1. The van der Waals surface area contributed by atoms with Crippen LogP contribution in [-0.4, -0.2) is 39.3 Å². The summed E-state index contributed by atoms with van der Waals surface area (Å²) in [5.41, 5.74) is 1.02. The molecule has 1 saturated heterocycles. The number of carbonyl (C=O) groups is 3. The van der Waals surface area contributed by atoms with Crippen LogP contribution in [0.3, 0.4) is 0 Å². The Hall–Kier alpha value is -5.09. The van der Waals surface area contributed by atoms with Gasteiger partial charge < -0.3 is 14.6 Å². The molecule has 1 aliphatic rings. The molecule has 2 aromatic heterocycles. The lowest BCUT2D eigenvalue weighted by Gasteiger charge is -2.23. The van der Waals surface area contributed by atoms with E-state index in [1.165, 1.54) is 35.5 Å². The molecule has 1 atom stereocenters. The van der Waals surface area contributed by atoms with Crippen molar-refractivity contribution in [2.24, 2.45) is 0 Å². The van der Waals surface area contributed by atoms with Gasteiger partial charge in [0.05, 0.1) is 17.3 Å². The van der Waals surface area contributed by atoms with Crippen molar-refractivity contribution < 1.29 is 29.0 Å². The quantitative estimate of drug-likeness (QED) is 0.0984. The van der Waals surface area contributed by atoms with Crippen molar-refractivity contribution in [1.82, 2.24) is 9.97 Å². The Bertz CT molecular complexity index is 1630. The van der Waals surface area contributed by atoms with Gasteiger partial charge in [0.1, 0.15) is 28.7 Å². The van der Waals surface area contributed by atoms with Crippen molar-refractivity contribution >= 4 is 39.9 Å². The third-order valence-corrected chi connectivity index (χ3v) is 7.20. The average Bonchev–Trinajstić information content (AvgIpc) is 3.48. The van der Waals surface area contributed by atoms with Gasteiger partial charge in [-0.1, -0.05) is 54.3 Å². The molecule has 0 saturated carbocycles. The number of nitrogens with zero attached hydrogens (tertiary/aromatic N) is 3. The predicted octanol–water partition coefficient (Wildman–Crippen LogP) is 5.61. The number of carbonyl (C=O) groups excluding carboxylic acids is 3. The van der Waals surface area contributed by atoms with E-state index in [4.69, 9.17) is 9.47 Å².